The summed E-state index contributed by atoms with van der Waals surface area (Å²) in [5.41, 5.74) is 12.8. The average molecular weight is 475 g/mol. The second-order valence-corrected chi connectivity index (χ2v) is 9.19. The summed E-state index contributed by atoms with van der Waals surface area (Å²) in [7, 11) is 0. The van der Waals surface area contributed by atoms with Gasteiger partial charge in [0.05, 0.1) is 22.8 Å². The fraction of sp³-hybridized carbons (Fsp3) is 0.200. The van der Waals surface area contributed by atoms with Crippen LogP contribution in [-0.2, 0) is 0 Å². The highest BCUT2D eigenvalue weighted by Crippen LogP contribution is 2.25. The molecule has 6 aromatic rings. The summed E-state index contributed by atoms with van der Waals surface area (Å²) in [6.07, 6.45) is 0. The second-order valence-electron chi connectivity index (χ2n) is 9.19. The number of fused-ring (bicyclic) bond motifs is 2. The molecule has 6 nitrogen and oxygen atoms in total. The minimum Gasteiger partial charge on any atom is -0.228 e. The Balaban J connectivity index is 0.000000148. The van der Waals surface area contributed by atoms with Crippen molar-refractivity contribution in [1.82, 2.24) is 29.2 Å². The van der Waals surface area contributed by atoms with E-state index in [1.54, 1.807) is 0 Å². The summed E-state index contributed by atoms with van der Waals surface area (Å²) < 4.78 is 3.83. The lowest BCUT2D eigenvalue weighted by Gasteiger charge is -2.09. The summed E-state index contributed by atoms with van der Waals surface area (Å²) in [6.45, 7) is 12.4. The quantitative estimate of drug-likeness (QED) is 0.282. The molecule has 2 aromatic carbocycles. The van der Waals surface area contributed by atoms with Crippen LogP contribution in [0.25, 0.3) is 33.8 Å². The first-order chi connectivity index (χ1) is 17.3. The van der Waals surface area contributed by atoms with Gasteiger partial charge in [0, 0.05) is 34.6 Å². The van der Waals surface area contributed by atoms with Gasteiger partial charge in [-0.3, -0.25) is 0 Å². The number of rotatable bonds is 2. The van der Waals surface area contributed by atoms with Crippen LogP contribution in [0.4, 0.5) is 0 Å². The van der Waals surface area contributed by atoms with Crippen molar-refractivity contribution in [2.45, 2.75) is 41.5 Å². The molecule has 6 rings (SSSR count). The van der Waals surface area contributed by atoms with E-state index in [2.05, 4.69) is 62.2 Å². The van der Waals surface area contributed by atoms with Crippen molar-refractivity contribution in [1.29, 1.82) is 0 Å². The van der Waals surface area contributed by atoms with E-state index in [4.69, 9.17) is 9.97 Å². The van der Waals surface area contributed by atoms with Gasteiger partial charge < -0.3 is 0 Å². The maximum Gasteiger partial charge on any atom is 0.156 e. The predicted octanol–water partition coefficient (Wildman–Crippen LogP) is 6.64. The highest BCUT2D eigenvalue weighted by Gasteiger charge is 2.12. The fourth-order valence-corrected chi connectivity index (χ4v) is 4.44. The normalized spacial score (nSPS) is 11.1. The number of hydrogen-bond acceptors (Lipinski definition) is 4. The lowest BCUT2D eigenvalue weighted by atomic mass is 10.1. The monoisotopic (exact) mass is 474 g/mol. The molecule has 4 aromatic heterocycles. The first-order valence-corrected chi connectivity index (χ1v) is 12.1. The molecule has 0 spiro atoms. The Labute approximate surface area is 211 Å². The van der Waals surface area contributed by atoms with Crippen LogP contribution in [0.3, 0.4) is 0 Å². The van der Waals surface area contributed by atoms with Crippen LogP contribution in [-0.4, -0.2) is 29.2 Å². The topological polar surface area (TPSA) is 60.4 Å². The van der Waals surface area contributed by atoms with E-state index in [0.717, 1.165) is 56.6 Å². The van der Waals surface area contributed by atoms with Crippen molar-refractivity contribution in [2.75, 3.05) is 0 Å². The van der Waals surface area contributed by atoms with Gasteiger partial charge in [-0.1, -0.05) is 60.7 Å². The molecule has 0 aliphatic rings. The summed E-state index contributed by atoms with van der Waals surface area (Å²) in [5, 5.41) is 8.92. The summed E-state index contributed by atoms with van der Waals surface area (Å²) in [4.78, 5) is 9.45. The summed E-state index contributed by atoms with van der Waals surface area (Å²) >= 11 is 0. The molecule has 0 radical (unpaired) electrons. The van der Waals surface area contributed by atoms with Gasteiger partial charge in [0.15, 0.2) is 11.3 Å². The number of benzene rings is 2. The van der Waals surface area contributed by atoms with Gasteiger partial charge in [0.2, 0.25) is 0 Å². The minimum atomic E-state index is 0.912. The lowest BCUT2D eigenvalue weighted by Crippen LogP contribution is -2.02. The van der Waals surface area contributed by atoms with Crippen molar-refractivity contribution in [3.8, 4) is 22.5 Å². The van der Waals surface area contributed by atoms with E-state index in [1.807, 2.05) is 71.4 Å². The molecule has 36 heavy (non-hydrogen) atoms. The van der Waals surface area contributed by atoms with E-state index >= 15 is 0 Å². The van der Waals surface area contributed by atoms with Crippen LogP contribution in [0.1, 0.15) is 33.9 Å². The van der Waals surface area contributed by atoms with Gasteiger partial charge >= 0.3 is 0 Å². The average Bonchev–Trinajstić information content (AvgIpc) is 3.46. The zero-order valence-corrected chi connectivity index (χ0v) is 21.6. The van der Waals surface area contributed by atoms with Crippen LogP contribution in [0.2, 0.25) is 0 Å². The Morgan fingerprint density at radius 3 is 1.22 bits per heavy atom. The summed E-state index contributed by atoms with van der Waals surface area (Å²) in [6, 6.07) is 24.6. The van der Waals surface area contributed by atoms with Crippen molar-refractivity contribution >= 4 is 11.3 Å². The van der Waals surface area contributed by atoms with Crippen LogP contribution < -0.4 is 0 Å². The van der Waals surface area contributed by atoms with Crippen LogP contribution in [0.5, 0.6) is 0 Å². The number of aromatic nitrogens is 6. The van der Waals surface area contributed by atoms with Crippen molar-refractivity contribution in [2.24, 2.45) is 0 Å². The molecule has 0 amide bonds. The fourth-order valence-electron chi connectivity index (χ4n) is 4.44. The molecular weight excluding hydrogens is 444 g/mol. The molecule has 0 unspecified atom stereocenters. The first kappa shape index (κ1) is 23.4. The maximum atomic E-state index is 4.73. The van der Waals surface area contributed by atoms with E-state index in [-0.39, 0.29) is 0 Å². The number of nitrogens with zero attached hydrogens (tertiary/aromatic N) is 6. The van der Waals surface area contributed by atoms with Gasteiger partial charge in [0.25, 0.3) is 0 Å². The highest BCUT2D eigenvalue weighted by molar-refractivity contribution is 5.67. The third kappa shape index (κ3) is 4.26. The molecule has 0 bridgehead atoms. The van der Waals surface area contributed by atoms with Gasteiger partial charge in [0.1, 0.15) is 0 Å². The molecule has 0 aliphatic carbocycles. The van der Waals surface area contributed by atoms with Crippen LogP contribution >= 0.6 is 0 Å². The third-order valence-corrected chi connectivity index (χ3v) is 6.60. The number of hydrogen-bond donors (Lipinski definition) is 0. The molecular formula is C30H30N6. The smallest absolute Gasteiger partial charge is 0.156 e. The molecule has 0 atom stereocenters. The van der Waals surface area contributed by atoms with E-state index in [1.165, 1.54) is 11.1 Å². The maximum absolute atomic E-state index is 4.73. The molecule has 0 N–H and O–H groups in total. The molecule has 0 fully saturated rings. The third-order valence-electron chi connectivity index (χ3n) is 6.60. The lowest BCUT2D eigenvalue weighted by molar-refractivity contribution is 0.867. The Bertz CT molecular complexity index is 1550. The molecule has 180 valence electrons. The Kier molecular flexibility index (Phi) is 6.10. The minimum absolute atomic E-state index is 0.912. The Morgan fingerprint density at radius 1 is 0.500 bits per heavy atom. The van der Waals surface area contributed by atoms with Crippen LogP contribution in [0.15, 0.2) is 72.8 Å². The largest absolute Gasteiger partial charge is 0.228 e. The van der Waals surface area contributed by atoms with Crippen molar-refractivity contribution < 1.29 is 0 Å². The van der Waals surface area contributed by atoms with Crippen molar-refractivity contribution in [3.63, 3.8) is 0 Å². The highest BCUT2D eigenvalue weighted by atomic mass is 15.3. The van der Waals surface area contributed by atoms with E-state index in [9.17, 15) is 0 Å². The van der Waals surface area contributed by atoms with Gasteiger partial charge in [-0.05, 0) is 52.7 Å². The van der Waals surface area contributed by atoms with Gasteiger partial charge in [-0.15, -0.1) is 0 Å². The van der Waals surface area contributed by atoms with E-state index < -0.39 is 0 Å². The van der Waals surface area contributed by atoms with Gasteiger partial charge in [-0.2, -0.15) is 10.2 Å². The molecule has 0 saturated carbocycles. The molecule has 6 heteroatoms. The zero-order valence-electron chi connectivity index (χ0n) is 21.6. The second kappa shape index (κ2) is 9.38. The SMILES string of the molecule is Cc1cc2nc(-c3ccccc3)c(C)c(C)n2n1.Cc1cc2nc(-c3ccccc3)c(C)c(C)n2n1. The summed E-state index contributed by atoms with van der Waals surface area (Å²) in [5.74, 6) is 0. The standard InChI is InChI=1S/2C15H15N3/c2*1-10-9-14-16-15(13-7-5-4-6-8-13)11(2)12(3)18(14)17-10/h2*4-9H,1-3H3. The van der Waals surface area contributed by atoms with E-state index in [0.29, 0.717) is 0 Å². The zero-order chi connectivity index (χ0) is 25.4. The van der Waals surface area contributed by atoms with Crippen molar-refractivity contribution in [3.05, 3.63) is 107 Å². The Hall–Kier alpha value is -4.32. The Morgan fingerprint density at radius 2 is 0.861 bits per heavy atom. The van der Waals surface area contributed by atoms with Gasteiger partial charge in [-0.25, -0.2) is 19.0 Å². The number of aryl methyl sites for hydroxylation is 4. The molecule has 0 aliphatic heterocycles. The van der Waals surface area contributed by atoms with Crippen LogP contribution in [0, 0.1) is 41.5 Å². The predicted molar refractivity (Wildman–Crippen MR) is 145 cm³/mol. The molecule has 0 saturated heterocycles. The molecule has 4 heterocycles. The first-order valence-electron chi connectivity index (χ1n) is 12.1.